The molecule has 64 heavy (non-hydrogen) atoms. The van der Waals surface area contributed by atoms with Gasteiger partial charge in [-0.25, -0.2) is 18.0 Å². The number of carbonyl (C=O) groups is 2. The second kappa shape index (κ2) is 24.7. The van der Waals surface area contributed by atoms with Crippen LogP contribution in [0.15, 0.2) is 94.7 Å². The maximum absolute atomic E-state index is 12.5. The molecule has 20 nitrogen and oxygen atoms in total. The molecule has 0 atom stereocenters. The molecule has 6 rings (SSSR count). The summed E-state index contributed by atoms with van der Waals surface area (Å²) < 4.78 is 52.0. The Morgan fingerprint density at radius 1 is 0.625 bits per heavy atom. The van der Waals surface area contributed by atoms with E-state index in [1.165, 1.54) is 24.3 Å². The summed E-state index contributed by atoms with van der Waals surface area (Å²) >= 11 is 12.9. The van der Waals surface area contributed by atoms with Crippen molar-refractivity contribution in [2.45, 2.75) is 23.6 Å². The number of rotatable bonds is 18. The Morgan fingerprint density at radius 2 is 1.02 bits per heavy atom. The first-order valence-electron chi connectivity index (χ1n) is 17.8. The third-order valence-electron chi connectivity index (χ3n) is 7.92. The zero-order valence-electron chi connectivity index (χ0n) is 34.0. The fraction of sp³-hybridized carbons (Fsp3) is 0.105. The summed E-state index contributed by atoms with van der Waals surface area (Å²) in [5.41, 5.74) is 2.70. The molecule has 0 bridgehead atoms. The van der Waals surface area contributed by atoms with Crippen LogP contribution in [0.2, 0.25) is 10.6 Å². The minimum atomic E-state index is -5.04. The molecule has 0 saturated heterocycles. The van der Waals surface area contributed by atoms with Crippen LogP contribution in [0.25, 0.3) is 12.2 Å². The number of nitrogens with one attached hydrogen (secondary N) is 4. The Bertz CT molecular complexity index is 2730. The van der Waals surface area contributed by atoms with E-state index < -0.39 is 27.0 Å². The van der Waals surface area contributed by atoms with Crippen LogP contribution < -0.4 is 85.6 Å². The van der Waals surface area contributed by atoms with Crippen molar-refractivity contribution < 1.29 is 106 Å². The number of carbonyl (C=O) groups excluding carboxylic acids is 2. The van der Waals surface area contributed by atoms with Gasteiger partial charge in [-0.2, -0.15) is 34.2 Å². The van der Waals surface area contributed by atoms with Gasteiger partial charge in [0.2, 0.25) is 34.4 Å². The van der Waals surface area contributed by atoms with Crippen molar-refractivity contribution in [3.63, 3.8) is 0 Å². The number of anilines is 8. The molecule has 0 saturated carbocycles. The van der Waals surface area contributed by atoms with Crippen molar-refractivity contribution in [2.24, 2.45) is 0 Å². The first-order valence-corrected chi connectivity index (χ1v) is 20.7. The maximum atomic E-state index is 12.5. The second-order valence-corrected chi connectivity index (χ2v) is 14.9. The van der Waals surface area contributed by atoms with Gasteiger partial charge in [0.25, 0.3) is 0 Å². The average Bonchev–Trinajstić information content (AvgIpc) is 3.23. The Morgan fingerprint density at radius 3 is 1.44 bits per heavy atom. The van der Waals surface area contributed by atoms with Gasteiger partial charge in [0.1, 0.15) is 10.1 Å². The monoisotopic (exact) mass is 966 g/mol. The SMILES string of the molecule is CCOC(=O)c1ccc(Nc2nc(Cl)nc(Nc3ccc(/C=C/c4ccc(Nc5nc(Cl)nc(Nc6ccc(C(=O)OCC)cc6)n5)cc4S(=O)(=O)[O-])c(SOO[O-])c3)n2)cc1.[Na+].[Na+]. The summed E-state index contributed by atoms with van der Waals surface area (Å²) in [6.07, 6.45) is 2.85. The van der Waals surface area contributed by atoms with Gasteiger partial charge in [-0.1, -0.05) is 24.3 Å². The van der Waals surface area contributed by atoms with Gasteiger partial charge in [-0.15, -0.1) is 0 Å². The summed E-state index contributed by atoms with van der Waals surface area (Å²) in [6.45, 7) is 3.88. The first-order chi connectivity index (χ1) is 29.8. The quantitative estimate of drug-likeness (QED) is 0.0178. The molecule has 4 aromatic carbocycles. The zero-order valence-corrected chi connectivity index (χ0v) is 41.1. The topological polar surface area (TPSA) is 277 Å². The molecule has 0 fully saturated rings. The van der Waals surface area contributed by atoms with E-state index in [1.54, 1.807) is 80.6 Å². The molecule has 0 aliphatic heterocycles. The van der Waals surface area contributed by atoms with E-state index in [-0.39, 0.29) is 118 Å². The number of ether oxygens (including phenoxy) is 2. The average molecular weight is 968 g/mol. The number of esters is 2. The van der Waals surface area contributed by atoms with Gasteiger partial charge >= 0.3 is 71.1 Å². The molecule has 0 unspecified atom stereocenters. The van der Waals surface area contributed by atoms with Crippen LogP contribution in [0.1, 0.15) is 45.7 Å². The van der Waals surface area contributed by atoms with Crippen molar-refractivity contribution in [1.82, 2.24) is 29.9 Å². The molecule has 0 radical (unpaired) electrons. The summed E-state index contributed by atoms with van der Waals surface area (Å²) in [5, 5.41) is 25.7. The van der Waals surface area contributed by atoms with Crippen molar-refractivity contribution in [3.05, 3.63) is 118 Å². The van der Waals surface area contributed by atoms with Crippen LogP contribution in [-0.4, -0.2) is 68.0 Å². The number of hydrogen-bond acceptors (Lipinski definition) is 21. The molecule has 320 valence electrons. The molecule has 0 amide bonds. The third-order valence-corrected chi connectivity index (χ3v) is 9.81. The minimum Gasteiger partial charge on any atom is -0.744 e. The Labute approximate surface area is 423 Å². The van der Waals surface area contributed by atoms with Crippen molar-refractivity contribution in [2.75, 3.05) is 34.5 Å². The molecular formula is C38H30Cl2N10Na2O10S2. The van der Waals surface area contributed by atoms with Gasteiger partial charge in [-0.3, -0.25) is 5.04 Å². The largest absolute Gasteiger partial charge is 1.00 e. The van der Waals surface area contributed by atoms with Crippen LogP contribution >= 0.6 is 35.2 Å². The molecule has 2 aromatic heterocycles. The number of aromatic nitrogens is 6. The maximum Gasteiger partial charge on any atom is 1.00 e. The normalized spacial score (nSPS) is 10.9. The van der Waals surface area contributed by atoms with E-state index in [1.807, 2.05) is 0 Å². The summed E-state index contributed by atoms with van der Waals surface area (Å²) in [5.74, 6) is -0.898. The van der Waals surface area contributed by atoms with E-state index in [0.717, 1.165) is 6.07 Å². The molecule has 2 heterocycles. The van der Waals surface area contributed by atoms with Gasteiger partial charge in [-0.05, 0) is 121 Å². The van der Waals surface area contributed by atoms with Crippen LogP contribution in [0.3, 0.4) is 0 Å². The standard InChI is InChI=1S/C38H32Cl2N10O10S2.2Na/c1-3-57-31(51)23-9-13-25(14-10-23)41-35-45-33(39)47-37(49-35)43-27-17-7-21(29(19-27)61-60-59-53)5-6-22-8-18-28(20-30(22)62(54,55)56)44-38-48-34(40)46-36(50-38)42-26-15-11-24(12-16-26)32(52)58-4-2;;/h5-20,53H,3-4H2,1-2H3,(H,54,55,56)(H2,41,43,45,47,49)(H2,42,44,46,48,50);;/q;2*+1/p-2/b6-5+;;. The number of nitrogens with zero attached hydrogens (tertiary/aromatic N) is 6. The van der Waals surface area contributed by atoms with E-state index in [4.69, 9.17) is 32.7 Å². The minimum absolute atomic E-state index is 0. The molecule has 6 aromatic rings. The van der Waals surface area contributed by atoms with Crippen LogP contribution in [0.5, 0.6) is 0 Å². The van der Waals surface area contributed by atoms with E-state index in [9.17, 15) is 27.8 Å². The van der Waals surface area contributed by atoms with Crippen LogP contribution in [-0.2, 0) is 29.0 Å². The van der Waals surface area contributed by atoms with Gasteiger partial charge in [0.15, 0.2) is 0 Å². The molecule has 0 aliphatic rings. The predicted molar refractivity (Wildman–Crippen MR) is 225 cm³/mol. The van der Waals surface area contributed by atoms with E-state index in [0.29, 0.717) is 50.7 Å². The number of hydrogen-bond donors (Lipinski definition) is 4. The summed E-state index contributed by atoms with van der Waals surface area (Å²) in [4.78, 5) is 48.5. The van der Waals surface area contributed by atoms with Crippen molar-refractivity contribution >= 4 is 116 Å². The Balaban J connectivity index is 0.00000449. The van der Waals surface area contributed by atoms with Crippen LogP contribution in [0.4, 0.5) is 46.5 Å². The van der Waals surface area contributed by atoms with E-state index >= 15 is 0 Å². The predicted octanol–water partition coefficient (Wildman–Crippen LogP) is 1.00. The number of halogens is 2. The van der Waals surface area contributed by atoms with Crippen molar-refractivity contribution in [1.29, 1.82) is 0 Å². The summed E-state index contributed by atoms with van der Waals surface area (Å²) in [6, 6.07) is 21.4. The number of benzene rings is 4. The molecular weight excluding hydrogens is 937 g/mol. The van der Waals surface area contributed by atoms with E-state index in [2.05, 4.69) is 60.5 Å². The molecule has 4 N–H and O–H groups in total. The smallest absolute Gasteiger partial charge is 0.744 e. The van der Waals surface area contributed by atoms with Gasteiger partial charge in [0, 0.05) is 27.6 Å². The Kier molecular flexibility index (Phi) is 20.1. The van der Waals surface area contributed by atoms with Gasteiger partial charge < -0.3 is 40.6 Å². The second-order valence-electron chi connectivity index (χ2n) is 12.1. The summed E-state index contributed by atoms with van der Waals surface area (Å²) in [7, 11) is -5.04. The fourth-order valence-corrected chi connectivity index (χ4v) is 6.79. The molecule has 26 heteroatoms. The first kappa shape index (κ1) is 52.1. The van der Waals surface area contributed by atoms with Crippen LogP contribution in [0, 0.1) is 0 Å². The molecule has 0 spiro atoms. The Hall–Kier alpha value is -4.50. The third kappa shape index (κ3) is 15.0. The zero-order chi connectivity index (χ0) is 44.2. The van der Waals surface area contributed by atoms with Crippen molar-refractivity contribution in [3.8, 4) is 0 Å². The molecule has 0 aliphatic carbocycles. The van der Waals surface area contributed by atoms with Gasteiger partial charge in [0.05, 0.1) is 41.3 Å². The fourth-order valence-electron chi connectivity index (χ4n) is 5.27.